The molecule has 2 heterocycles. The molecular formula is C28H29F3N4O6S. The first kappa shape index (κ1) is 30.9. The van der Waals surface area contributed by atoms with Crippen molar-refractivity contribution >= 4 is 27.5 Å². The largest absolute Gasteiger partial charge is 0.465 e. The van der Waals surface area contributed by atoms with E-state index in [-0.39, 0.29) is 42.0 Å². The number of carbonyl (C=O) groups excluding carboxylic acids is 1. The first-order valence-electron chi connectivity index (χ1n) is 13.0. The van der Waals surface area contributed by atoms with Crippen LogP contribution in [0, 0.1) is 23.4 Å². The predicted molar refractivity (Wildman–Crippen MR) is 147 cm³/mol. The number of nitrogens with one attached hydrogen (secondary N) is 2. The van der Waals surface area contributed by atoms with Crippen molar-refractivity contribution < 1.29 is 41.0 Å². The lowest BCUT2D eigenvalue weighted by Gasteiger charge is -2.40. The minimum Gasteiger partial charge on any atom is -0.465 e. The zero-order valence-corrected chi connectivity index (χ0v) is 23.5. The number of pyridine rings is 2. The van der Waals surface area contributed by atoms with E-state index in [9.17, 15) is 36.3 Å². The number of carboxylic acid groups (broad SMARTS) is 1. The molecule has 1 aliphatic carbocycles. The Morgan fingerprint density at radius 3 is 2.45 bits per heavy atom. The number of hydrogen-bond donors (Lipinski definition) is 3. The average Bonchev–Trinajstić information content (AvgIpc) is 2.90. The van der Waals surface area contributed by atoms with E-state index in [0.29, 0.717) is 12.0 Å². The van der Waals surface area contributed by atoms with Crippen molar-refractivity contribution in [1.82, 2.24) is 15.3 Å². The van der Waals surface area contributed by atoms with Gasteiger partial charge in [-0.1, -0.05) is 13.0 Å². The lowest BCUT2D eigenvalue weighted by Crippen LogP contribution is -2.51. The van der Waals surface area contributed by atoms with Gasteiger partial charge in [-0.25, -0.2) is 31.4 Å². The third-order valence-electron chi connectivity index (χ3n) is 7.05. The summed E-state index contributed by atoms with van der Waals surface area (Å²) in [6.07, 6.45) is 2.94. The second kappa shape index (κ2) is 12.9. The molecule has 0 aliphatic heterocycles. The second-order valence-electron chi connectivity index (χ2n) is 10.2. The van der Waals surface area contributed by atoms with Crippen LogP contribution in [-0.4, -0.2) is 66.3 Å². The Labute approximate surface area is 240 Å². The van der Waals surface area contributed by atoms with E-state index in [0.717, 1.165) is 36.6 Å². The highest BCUT2D eigenvalue weighted by Gasteiger charge is 2.39. The maximum atomic E-state index is 14.5. The Morgan fingerprint density at radius 2 is 1.79 bits per heavy atom. The maximum Gasteiger partial charge on any atom is 0.404 e. The number of halogens is 3. The van der Waals surface area contributed by atoms with E-state index in [2.05, 4.69) is 20.6 Å². The summed E-state index contributed by atoms with van der Waals surface area (Å²) in [5.41, 5.74) is -0.733. The molecule has 2 aromatic heterocycles. The van der Waals surface area contributed by atoms with Crippen LogP contribution in [0.15, 0.2) is 48.8 Å². The van der Waals surface area contributed by atoms with Gasteiger partial charge >= 0.3 is 6.09 Å². The zero-order valence-electron chi connectivity index (χ0n) is 22.7. The van der Waals surface area contributed by atoms with Gasteiger partial charge in [0.25, 0.3) is 5.91 Å². The Morgan fingerprint density at radius 1 is 1.07 bits per heavy atom. The zero-order chi connectivity index (χ0) is 30.6. The van der Waals surface area contributed by atoms with Crippen molar-refractivity contribution in [2.45, 2.75) is 37.8 Å². The number of hydrogen-bond acceptors (Lipinski definition) is 7. The van der Waals surface area contributed by atoms with Crippen molar-refractivity contribution in [1.29, 1.82) is 0 Å². The molecule has 42 heavy (non-hydrogen) atoms. The van der Waals surface area contributed by atoms with Gasteiger partial charge in [0.15, 0.2) is 0 Å². The quantitative estimate of drug-likeness (QED) is 0.325. The molecule has 1 saturated carbocycles. The van der Waals surface area contributed by atoms with Crippen molar-refractivity contribution in [2.75, 3.05) is 23.9 Å². The smallest absolute Gasteiger partial charge is 0.404 e. The van der Waals surface area contributed by atoms with Crippen molar-refractivity contribution in [3.63, 3.8) is 0 Å². The molecule has 1 aliphatic rings. The summed E-state index contributed by atoms with van der Waals surface area (Å²) in [4.78, 5) is 32.7. The van der Waals surface area contributed by atoms with Gasteiger partial charge in [-0.3, -0.25) is 9.78 Å². The van der Waals surface area contributed by atoms with Crippen molar-refractivity contribution in [3.8, 4) is 11.3 Å². The third-order valence-corrected chi connectivity index (χ3v) is 7.95. The van der Waals surface area contributed by atoms with E-state index in [1.54, 1.807) is 6.07 Å². The highest BCUT2D eigenvalue weighted by atomic mass is 32.2. The van der Waals surface area contributed by atoms with Gasteiger partial charge in [0.05, 0.1) is 42.0 Å². The summed E-state index contributed by atoms with van der Waals surface area (Å²) < 4.78 is 72.0. The van der Waals surface area contributed by atoms with Gasteiger partial charge in [-0.05, 0) is 60.6 Å². The molecule has 0 spiro atoms. The van der Waals surface area contributed by atoms with E-state index in [4.69, 9.17) is 4.74 Å². The van der Waals surface area contributed by atoms with Crippen LogP contribution >= 0.6 is 0 Å². The van der Waals surface area contributed by atoms with Crippen LogP contribution in [0.2, 0.25) is 0 Å². The van der Waals surface area contributed by atoms with E-state index >= 15 is 0 Å². The number of nitrogens with zero attached hydrogens (tertiary/aromatic N) is 2. The van der Waals surface area contributed by atoms with Crippen LogP contribution in [0.5, 0.6) is 0 Å². The highest BCUT2D eigenvalue weighted by molar-refractivity contribution is 7.90. The molecule has 3 N–H and O–H groups in total. The molecular weight excluding hydrogens is 577 g/mol. The molecule has 0 saturated heterocycles. The topological polar surface area (TPSA) is 148 Å². The Balaban J connectivity index is 1.57. The van der Waals surface area contributed by atoms with E-state index in [1.165, 1.54) is 12.4 Å². The third kappa shape index (κ3) is 7.42. The maximum absolute atomic E-state index is 14.5. The minimum atomic E-state index is -3.27. The van der Waals surface area contributed by atoms with Gasteiger partial charge in [-0.15, -0.1) is 0 Å². The number of rotatable bonds is 9. The summed E-state index contributed by atoms with van der Waals surface area (Å²) in [5, 5.41) is 14.6. The summed E-state index contributed by atoms with van der Waals surface area (Å²) in [6.45, 7) is 1.77. The monoisotopic (exact) mass is 606 g/mol. The first-order chi connectivity index (χ1) is 19.8. The Kier molecular flexibility index (Phi) is 9.46. The van der Waals surface area contributed by atoms with Crippen LogP contribution < -0.4 is 10.6 Å². The lowest BCUT2D eigenvalue weighted by molar-refractivity contribution is -0.0237. The molecule has 10 nitrogen and oxygen atoms in total. The fourth-order valence-corrected chi connectivity index (χ4v) is 5.60. The second-order valence-corrected chi connectivity index (χ2v) is 12.5. The molecule has 14 heteroatoms. The van der Waals surface area contributed by atoms with Crippen LogP contribution in [0.3, 0.4) is 0 Å². The van der Waals surface area contributed by atoms with Crippen LogP contribution in [0.25, 0.3) is 11.3 Å². The molecule has 2 unspecified atom stereocenters. The summed E-state index contributed by atoms with van der Waals surface area (Å²) >= 11 is 0. The number of ether oxygens (including phenoxy) is 1. The van der Waals surface area contributed by atoms with Crippen LogP contribution in [0.4, 0.5) is 23.7 Å². The van der Waals surface area contributed by atoms with Crippen molar-refractivity contribution in [3.05, 3.63) is 77.5 Å². The standard InChI is InChI=1S/C28H29F3N4O6S/c1-15-12-16(13-22(35-28(37)38)26(15)41-10-11-42(2,39)40)17-8-9-32-14-23(17)34-27(36)21-7-6-20(31)25(33-21)24-18(29)4-3-5-19(24)30/h3-9,14-16,22,26,35H,10-13H2,1-2H3,(H,34,36)(H,37,38)/t15-,16+,22?,26?/m0/s1. The van der Waals surface area contributed by atoms with Crippen LogP contribution in [0.1, 0.15) is 41.7 Å². The fourth-order valence-electron chi connectivity index (χ4n) is 5.21. The molecule has 4 rings (SSSR count). The molecule has 0 bridgehead atoms. The molecule has 2 amide bonds. The molecule has 224 valence electrons. The first-order valence-corrected chi connectivity index (χ1v) is 15.0. The number of aromatic nitrogens is 2. The number of anilines is 1. The molecule has 3 aromatic rings. The van der Waals surface area contributed by atoms with Gasteiger partial charge in [0, 0.05) is 12.5 Å². The average molecular weight is 607 g/mol. The fraction of sp³-hybridized carbons (Fsp3) is 0.357. The van der Waals surface area contributed by atoms with Gasteiger partial charge in [0.2, 0.25) is 0 Å². The van der Waals surface area contributed by atoms with Crippen molar-refractivity contribution in [2.24, 2.45) is 5.92 Å². The number of amides is 2. The van der Waals surface area contributed by atoms with Gasteiger partial charge in [0.1, 0.15) is 38.7 Å². The normalized spacial score (nSPS) is 20.6. The SMILES string of the molecule is C[C@H]1C[C@@H](c2ccncc2NC(=O)c2ccc(F)c(-c3c(F)cccc3F)n2)CC(NC(=O)O)C1OCCS(C)(=O)=O. The molecule has 4 atom stereocenters. The number of benzene rings is 1. The minimum absolute atomic E-state index is 0.0870. The summed E-state index contributed by atoms with van der Waals surface area (Å²) in [7, 11) is -3.27. The lowest BCUT2D eigenvalue weighted by atomic mass is 9.74. The van der Waals surface area contributed by atoms with Gasteiger partial charge < -0.3 is 20.5 Å². The molecule has 1 fully saturated rings. The van der Waals surface area contributed by atoms with Crippen LogP contribution in [-0.2, 0) is 14.6 Å². The summed E-state index contributed by atoms with van der Waals surface area (Å²) in [6, 6.07) is 6.00. The molecule has 0 radical (unpaired) electrons. The van der Waals surface area contributed by atoms with E-state index < -0.39 is 62.7 Å². The number of carbonyl (C=O) groups is 2. The highest BCUT2D eigenvalue weighted by Crippen LogP contribution is 2.40. The van der Waals surface area contributed by atoms with E-state index in [1.807, 2.05) is 6.92 Å². The number of sulfone groups is 1. The Bertz CT molecular complexity index is 1570. The molecule has 1 aromatic carbocycles. The Hall–Kier alpha value is -4.04. The summed E-state index contributed by atoms with van der Waals surface area (Å²) in [5.74, 6) is -4.55. The predicted octanol–water partition coefficient (Wildman–Crippen LogP) is 4.39. The van der Waals surface area contributed by atoms with Gasteiger partial charge in [-0.2, -0.15) is 0 Å².